The number of carbonyl (C=O) groups excluding carboxylic acids is 2. The van der Waals surface area contributed by atoms with Gasteiger partial charge in [-0.15, -0.1) is 0 Å². The van der Waals surface area contributed by atoms with Crippen LogP contribution in [0.4, 0.5) is 13.2 Å². The van der Waals surface area contributed by atoms with Gasteiger partial charge in [0, 0.05) is 17.1 Å². The first-order chi connectivity index (χ1) is 15.7. The van der Waals surface area contributed by atoms with Crippen LogP contribution in [0.3, 0.4) is 0 Å². The Balaban J connectivity index is 1.86. The molecule has 3 rings (SSSR count). The normalized spacial score (nSPS) is 12.0. The Morgan fingerprint density at radius 1 is 0.970 bits per heavy atom. The lowest BCUT2D eigenvalue weighted by molar-refractivity contribution is -0.137. The Kier molecular flexibility index (Phi) is 7.55. The second-order valence-corrected chi connectivity index (χ2v) is 7.64. The number of rotatable bonds is 7. The van der Waals surface area contributed by atoms with E-state index in [9.17, 15) is 22.8 Å². The van der Waals surface area contributed by atoms with Crippen molar-refractivity contribution in [3.8, 4) is 0 Å². The fraction of sp³-hybridized carbons (Fsp3) is 0.120. The third-order valence-corrected chi connectivity index (χ3v) is 5.15. The highest BCUT2D eigenvalue weighted by molar-refractivity contribution is 6.30. The number of hydrogen-bond donors (Lipinski definition) is 2. The molecular weight excluding hydrogens is 453 g/mol. The van der Waals surface area contributed by atoms with E-state index in [0.717, 1.165) is 23.8 Å². The average Bonchev–Trinajstić information content (AvgIpc) is 2.81. The lowest BCUT2D eigenvalue weighted by Gasteiger charge is -2.21. The zero-order chi connectivity index (χ0) is 24.0. The molecule has 8 heteroatoms. The molecule has 0 aliphatic heterocycles. The summed E-state index contributed by atoms with van der Waals surface area (Å²) in [5.74, 6) is -0.780. The summed E-state index contributed by atoms with van der Waals surface area (Å²) in [6.45, 7) is 3.64. The zero-order valence-electron chi connectivity index (χ0n) is 17.3. The first-order valence-corrected chi connectivity index (χ1v) is 10.3. The Hall–Kier alpha value is -3.58. The maximum atomic E-state index is 13.3. The van der Waals surface area contributed by atoms with E-state index >= 15 is 0 Å². The Morgan fingerprint density at radius 2 is 1.64 bits per heavy atom. The fourth-order valence-corrected chi connectivity index (χ4v) is 3.28. The van der Waals surface area contributed by atoms with Crippen molar-refractivity contribution in [1.82, 2.24) is 10.6 Å². The molecule has 0 spiro atoms. The van der Waals surface area contributed by atoms with E-state index in [0.29, 0.717) is 16.1 Å². The van der Waals surface area contributed by atoms with E-state index in [4.69, 9.17) is 11.6 Å². The molecule has 1 atom stereocenters. The molecule has 0 fully saturated rings. The SMILES string of the molecule is C=CC(=O)NCc1ccc(C(=O)NC(c2ccc(Cl)cc2)c2cccc(C(F)(F)F)c2)cc1. The van der Waals surface area contributed by atoms with E-state index in [-0.39, 0.29) is 18.0 Å². The summed E-state index contributed by atoms with van der Waals surface area (Å²) in [7, 11) is 0. The van der Waals surface area contributed by atoms with Gasteiger partial charge in [0.05, 0.1) is 11.6 Å². The van der Waals surface area contributed by atoms with Crippen LogP contribution in [-0.4, -0.2) is 11.8 Å². The van der Waals surface area contributed by atoms with E-state index in [1.165, 1.54) is 12.1 Å². The van der Waals surface area contributed by atoms with Crippen LogP contribution in [0.5, 0.6) is 0 Å². The van der Waals surface area contributed by atoms with Gasteiger partial charge in [0.15, 0.2) is 0 Å². The van der Waals surface area contributed by atoms with Crippen LogP contribution in [0.1, 0.15) is 38.7 Å². The molecule has 0 aliphatic carbocycles. The molecule has 0 heterocycles. The highest BCUT2D eigenvalue weighted by Gasteiger charge is 2.31. The van der Waals surface area contributed by atoms with Gasteiger partial charge in [0.25, 0.3) is 5.91 Å². The number of halogens is 4. The number of alkyl halides is 3. The molecule has 0 radical (unpaired) electrons. The number of nitrogens with one attached hydrogen (secondary N) is 2. The van der Waals surface area contributed by atoms with Gasteiger partial charge in [-0.3, -0.25) is 9.59 Å². The van der Waals surface area contributed by atoms with Crippen molar-refractivity contribution < 1.29 is 22.8 Å². The Labute approximate surface area is 194 Å². The largest absolute Gasteiger partial charge is 0.416 e. The predicted molar refractivity (Wildman–Crippen MR) is 121 cm³/mol. The van der Waals surface area contributed by atoms with Crippen molar-refractivity contribution in [2.24, 2.45) is 0 Å². The first-order valence-electron chi connectivity index (χ1n) is 9.90. The van der Waals surface area contributed by atoms with Gasteiger partial charge in [-0.05, 0) is 59.2 Å². The lowest BCUT2D eigenvalue weighted by atomic mass is 9.96. The van der Waals surface area contributed by atoms with Crippen molar-refractivity contribution in [2.45, 2.75) is 18.8 Å². The van der Waals surface area contributed by atoms with Crippen LogP contribution >= 0.6 is 11.6 Å². The molecule has 0 saturated carbocycles. The standard InChI is InChI=1S/C25H20ClF3N2O2/c1-2-22(32)30-15-16-6-8-18(9-7-16)24(33)31-23(17-10-12-21(26)13-11-17)19-4-3-5-20(14-19)25(27,28)29/h2-14,23H,1,15H2,(H,30,32)(H,31,33). The van der Waals surface area contributed by atoms with Crippen LogP contribution in [-0.2, 0) is 17.5 Å². The van der Waals surface area contributed by atoms with Gasteiger partial charge in [0.2, 0.25) is 5.91 Å². The van der Waals surface area contributed by atoms with Crippen LogP contribution < -0.4 is 10.6 Å². The molecule has 2 N–H and O–H groups in total. The molecule has 3 aromatic carbocycles. The lowest BCUT2D eigenvalue weighted by Crippen LogP contribution is -2.29. The number of hydrogen-bond acceptors (Lipinski definition) is 2. The second-order valence-electron chi connectivity index (χ2n) is 7.20. The second kappa shape index (κ2) is 10.4. The van der Waals surface area contributed by atoms with Crippen LogP contribution in [0.2, 0.25) is 5.02 Å². The number of carbonyl (C=O) groups is 2. The van der Waals surface area contributed by atoms with E-state index < -0.39 is 23.7 Å². The average molecular weight is 473 g/mol. The predicted octanol–water partition coefficient (Wildman–Crippen LogP) is 5.68. The summed E-state index contributed by atoms with van der Waals surface area (Å²) in [4.78, 5) is 24.2. The summed E-state index contributed by atoms with van der Waals surface area (Å²) in [6.07, 6.45) is -3.35. The van der Waals surface area contributed by atoms with Gasteiger partial charge < -0.3 is 10.6 Å². The van der Waals surface area contributed by atoms with Crippen LogP contribution in [0.25, 0.3) is 0 Å². The Morgan fingerprint density at radius 3 is 2.24 bits per heavy atom. The Bertz CT molecular complexity index is 1140. The van der Waals surface area contributed by atoms with E-state index in [1.807, 2.05) is 0 Å². The van der Waals surface area contributed by atoms with Gasteiger partial charge in [-0.1, -0.05) is 54.6 Å². The molecule has 33 heavy (non-hydrogen) atoms. The van der Waals surface area contributed by atoms with Crippen molar-refractivity contribution in [3.63, 3.8) is 0 Å². The molecule has 2 amide bonds. The highest BCUT2D eigenvalue weighted by atomic mass is 35.5. The van der Waals surface area contributed by atoms with E-state index in [1.54, 1.807) is 48.5 Å². The third-order valence-electron chi connectivity index (χ3n) is 4.89. The quantitative estimate of drug-likeness (QED) is 0.435. The molecule has 3 aromatic rings. The van der Waals surface area contributed by atoms with Crippen molar-refractivity contribution in [2.75, 3.05) is 0 Å². The van der Waals surface area contributed by atoms with Gasteiger partial charge in [-0.25, -0.2) is 0 Å². The third kappa shape index (κ3) is 6.46. The maximum Gasteiger partial charge on any atom is 0.416 e. The topological polar surface area (TPSA) is 58.2 Å². The zero-order valence-corrected chi connectivity index (χ0v) is 18.1. The summed E-state index contributed by atoms with van der Waals surface area (Å²) >= 11 is 5.95. The first kappa shape index (κ1) is 24.1. The fourth-order valence-electron chi connectivity index (χ4n) is 3.16. The summed E-state index contributed by atoms with van der Waals surface area (Å²) in [5, 5.41) is 5.91. The minimum Gasteiger partial charge on any atom is -0.348 e. The molecule has 0 aliphatic rings. The van der Waals surface area contributed by atoms with E-state index in [2.05, 4.69) is 17.2 Å². The minimum absolute atomic E-state index is 0.268. The molecule has 4 nitrogen and oxygen atoms in total. The molecule has 0 saturated heterocycles. The molecule has 170 valence electrons. The number of benzene rings is 3. The summed E-state index contributed by atoms with van der Waals surface area (Å²) < 4.78 is 39.8. The monoisotopic (exact) mass is 472 g/mol. The van der Waals surface area contributed by atoms with Gasteiger partial charge in [0.1, 0.15) is 0 Å². The number of amides is 2. The summed E-state index contributed by atoms with van der Waals surface area (Å²) in [5.41, 5.74) is 1.15. The molecule has 0 aromatic heterocycles. The van der Waals surface area contributed by atoms with Gasteiger partial charge >= 0.3 is 6.18 Å². The smallest absolute Gasteiger partial charge is 0.348 e. The highest BCUT2D eigenvalue weighted by Crippen LogP contribution is 2.32. The summed E-state index contributed by atoms with van der Waals surface area (Å²) in [6, 6.07) is 17.0. The molecule has 1 unspecified atom stereocenters. The maximum absolute atomic E-state index is 13.3. The van der Waals surface area contributed by atoms with Crippen molar-refractivity contribution in [1.29, 1.82) is 0 Å². The van der Waals surface area contributed by atoms with Crippen LogP contribution in [0.15, 0.2) is 85.5 Å². The van der Waals surface area contributed by atoms with Crippen LogP contribution in [0, 0.1) is 0 Å². The van der Waals surface area contributed by atoms with Crippen molar-refractivity contribution in [3.05, 3.63) is 118 Å². The molecular formula is C25H20ClF3N2O2. The minimum atomic E-state index is -4.51. The van der Waals surface area contributed by atoms with Gasteiger partial charge in [-0.2, -0.15) is 13.2 Å². The van der Waals surface area contributed by atoms with Crippen molar-refractivity contribution >= 4 is 23.4 Å². The molecule has 0 bridgehead atoms.